The largest absolute Gasteiger partial charge is 0.478 e. The van der Waals surface area contributed by atoms with E-state index < -0.39 is 27.8 Å². The van der Waals surface area contributed by atoms with Crippen molar-refractivity contribution in [3.8, 4) is 5.69 Å². The van der Waals surface area contributed by atoms with Crippen molar-refractivity contribution < 1.29 is 32.7 Å². The van der Waals surface area contributed by atoms with Crippen molar-refractivity contribution in [2.24, 2.45) is 0 Å². The van der Waals surface area contributed by atoms with Crippen molar-refractivity contribution in [3.05, 3.63) is 130 Å². The quantitative estimate of drug-likeness (QED) is 0.117. The van der Waals surface area contributed by atoms with Crippen LogP contribution in [0, 0.1) is 6.92 Å². The lowest BCUT2D eigenvalue weighted by molar-refractivity contribution is -0.131. The first-order valence-electron chi connectivity index (χ1n) is 18.8. The zero-order valence-electron chi connectivity index (χ0n) is 31.7. The minimum Gasteiger partial charge on any atom is -0.478 e. The van der Waals surface area contributed by atoms with Gasteiger partial charge in [0, 0.05) is 49.1 Å². The van der Waals surface area contributed by atoms with E-state index >= 15 is 0 Å². The molecule has 0 unspecified atom stereocenters. The van der Waals surface area contributed by atoms with Crippen molar-refractivity contribution in [2.45, 2.75) is 64.3 Å². The van der Waals surface area contributed by atoms with Crippen LogP contribution in [0.25, 0.3) is 22.5 Å². The lowest BCUT2D eigenvalue weighted by atomic mass is 9.98. The monoisotopic (exact) mass is 775 g/mol. The van der Waals surface area contributed by atoms with Crippen LogP contribution in [0.15, 0.2) is 95.9 Å². The second-order valence-electron chi connectivity index (χ2n) is 13.9. The number of hydrogen-bond donors (Lipinski definition) is 2. The number of carboxylic acid groups (broad SMARTS) is 1. The predicted octanol–water partition coefficient (Wildman–Crippen LogP) is 6.79. The van der Waals surface area contributed by atoms with Gasteiger partial charge in [0.15, 0.2) is 5.69 Å². The summed E-state index contributed by atoms with van der Waals surface area (Å²) in [5.74, 6) is -2.95. The minimum atomic E-state index is -4.31. The number of fused-ring (bicyclic) bond motifs is 2. The maximum Gasteiger partial charge on any atom is 0.328 e. The molecule has 0 spiro atoms. The SMILES string of the molecule is CCCCN(CCCC)C(=O)c1nn(-c2ccc(C(=O)NS(=O)(=O)c3ccc4ccccc4c3)cc2C(=O)N2CCc3ccccc3C2)c(C)c1C=CC(=O)O. The molecule has 13 heteroatoms. The van der Waals surface area contributed by atoms with Crippen LogP contribution in [-0.2, 0) is 27.8 Å². The van der Waals surface area contributed by atoms with Gasteiger partial charge >= 0.3 is 5.97 Å². The third kappa shape index (κ3) is 8.57. The Morgan fingerprint density at radius 3 is 2.25 bits per heavy atom. The number of rotatable bonds is 14. The summed E-state index contributed by atoms with van der Waals surface area (Å²) >= 11 is 0. The fourth-order valence-corrected chi connectivity index (χ4v) is 7.88. The van der Waals surface area contributed by atoms with Gasteiger partial charge < -0.3 is 14.9 Å². The average Bonchev–Trinajstić information content (AvgIpc) is 3.53. The first-order chi connectivity index (χ1) is 26.9. The molecule has 5 aromatic rings. The third-order valence-electron chi connectivity index (χ3n) is 10.0. The van der Waals surface area contributed by atoms with Gasteiger partial charge in [0.1, 0.15) is 0 Å². The summed E-state index contributed by atoms with van der Waals surface area (Å²) in [6.45, 7) is 7.43. The molecule has 0 saturated heterocycles. The normalized spacial score (nSPS) is 12.8. The van der Waals surface area contributed by atoms with Crippen LogP contribution < -0.4 is 4.72 Å². The van der Waals surface area contributed by atoms with Gasteiger partial charge in [0.2, 0.25) is 0 Å². The number of aliphatic carboxylic acids is 1. The van der Waals surface area contributed by atoms with E-state index in [0.717, 1.165) is 48.3 Å². The van der Waals surface area contributed by atoms with Crippen LogP contribution in [0.4, 0.5) is 0 Å². The van der Waals surface area contributed by atoms with Crippen LogP contribution >= 0.6 is 0 Å². The molecule has 0 aliphatic carbocycles. The Hall–Kier alpha value is -6.08. The second kappa shape index (κ2) is 17.2. The lowest BCUT2D eigenvalue weighted by Crippen LogP contribution is -2.37. The van der Waals surface area contributed by atoms with Crippen molar-refractivity contribution in [2.75, 3.05) is 19.6 Å². The molecule has 12 nitrogen and oxygen atoms in total. The summed E-state index contributed by atoms with van der Waals surface area (Å²) in [5, 5.41) is 15.8. The molecular weight excluding hydrogens is 731 g/mol. The molecule has 56 heavy (non-hydrogen) atoms. The van der Waals surface area contributed by atoms with E-state index in [2.05, 4.69) is 4.72 Å². The molecule has 4 aromatic carbocycles. The Morgan fingerprint density at radius 2 is 1.55 bits per heavy atom. The highest BCUT2D eigenvalue weighted by Crippen LogP contribution is 2.28. The standard InChI is InChI=1S/C43H45N5O7S/c1-4-6-23-46(24-7-5-2)43(53)40-36(19-21-39(49)50)29(3)48(44-40)38-20-17-33(27-37(38)42(52)47-25-22-31-13-9-11-15-34(31)28-47)41(51)45-56(54,55)35-18-16-30-12-8-10-14-32(30)26-35/h8-21,26-27H,4-7,22-25,28H2,1-3H3,(H,45,51)(H,49,50). The molecule has 1 aliphatic heterocycles. The molecule has 0 bridgehead atoms. The topological polar surface area (TPSA) is 159 Å². The number of unbranched alkanes of at least 4 members (excludes halogenated alkanes) is 2. The average molecular weight is 776 g/mol. The van der Waals surface area contributed by atoms with Gasteiger partial charge in [0.05, 0.1) is 16.1 Å². The van der Waals surface area contributed by atoms with E-state index in [-0.39, 0.29) is 38.9 Å². The number of hydrogen-bond acceptors (Lipinski definition) is 7. The van der Waals surface area contributed by atoms with Gasteiger partial charge in [-0.05, 0) is 84.5 Å². The molecule has 3 amide bonds. The molecule has 290 valence electrons. The summed E-state index contributed by atoms with van der Waals surface area (Å²) in [7, 11) is -4.31. The summed E-state index contributed by atoms with van der Waals surface area (Å²) < 4.78 is 30.5. The van der Waals surface area contributed by atoms with Crippen LogP contribution in [-0.4, -0.2) is 76.4 Å². The number of carbonyl (C=O) groups excluding carboxylic acids is 3. The molecule has 0 atom stereocenters. The highest BCUT2D eigenvalue weighted by Gasteiger charge is 2.30. The van der Waals surface area contributed by atoms with Gasteiger partial charge in [0.25, 0.3) is 27.7 Å². The number of sulfonamides is 1. The number of benzene rings is 4. The summed E-state index contributed by atoms with van der Waals surface area (Å²) in [4.78, 5) is 57.4. The number of carbonyl (C=O) groups is 4. The van der Waals surface area contributed by atoms with Crippen molar-refractivity contribution >= 4 is 50.6 Å². The number of amides is 3. The van der Waals surface area contributed by atoms with Crippen molar-refractivity contribution in [1.82, 2.24) is 24.3 Å². The van der Waals surface area contributed by atoms with E-state index in [9.17, 15) is 32.7 Å². The molecule has 2 heterocycles. The third-order valence-corrected chi connectivity index (χ3v) is 11.3. The summed E-state index contributed by atoms with van der Waals surface area (Å²) in [6, 6.07) is 23.9. The fourth-order valence-electron chi connectivity index (χ4n) is 6.87. The van der Waals surface area contributed by atoms with E-state index in [4.69, 9.17) is 5.10 Å². The number of aromatic nitrogens is 2. The Kier molecular flexibility index (Phi) is 12.1. The Bertz CT molecular complexity index is 2450. The Balaban J connectivity index is 1.44. The van der Waals surface area contributed by atoms with Gasteiger partial charge in [-0.25, -0.2) is 22.6 Å². The first-order valence-corrected chi connectivity index (χ1v) is 20.3. The lowest BCUT2D eigenvalue weighted by Gasteiger charge is -2.29. The highest BCUT2D eigenvalue weighted by atomic mass is 32.2. The van der Waals surface area contributed by atoms with Gasteiger partial charge in [-0.3, -0.25) is 14.4 Å². The molecule has 0 radical (unpaired) electrons. The molecular formula is C43H45N5O7S. The molecule has 0 fully saturated rings. The Labute approximate surface area is 326 Å². The van der Waals surface area contributed by atoms with E-state index in [1.807, 2.05) is 50.2 Å². The van der Waals surface area contributed by atoms with E-state index in [1.165, 1.54) is 41.1 Å². The maximum atomic E-state index is 14.6. The van der Waals surface area contributed by atoms with Crippen molar-refractivity contribution in [1.29, 1.82) is 0 Å². The maximum absolute atomic E-state index is 14.6. The van der Waals surface area contributed by atoms with E-state index in [1.54, 1.807) is 34.9 Å². The second-order valence-corrected chi connectivity index (χ2v) is 15.5. The molecule has 6 rings (SSSR count). The fraction of sp³-hybridized carbons (Fsp3) is 0.279. The van der Waals surface area contributed by atoms with Crippen molar-refractivity contribution in [3.63, 3.8) is 0 Å². The number of nitrogens with zero attached hydrogens (tertiary/aromatic N) is 4. The van der Waals surface area contributed by atoms with Gasteiger partial charge in [-0.2, -0.15) is 5.10 Å². The zero-order chi connectivity index (χ0) is 40.0. The first kappa shape index (κ1) is 39.6. The van der Waals surface area contributed by atoms with Crippen LogP contribution in [0.5, 0.6) is 0 Å². The zero-order valence-corrected chi connectivity index (χ0v) is 32.5. The molecule has 0 saturated carbocycles. The Morgan fingerprint density at radius 1 is 0.875 bits per heavy atom. The number of nitrogens with one attached hydrogen (secondary N) is 1. The minimum absolute atomic E-state index is 0.0285. The smallest absolute Gasteiger partial charge is 0.328 e. The summed E-state index contributed by atoms with van der Waals surface area (Å²) in [6.07, 6.45) is 6.15. The van der Waals surface area contributed by atoms with Crippen LogP contribution in [0.1, 0.15) is 93.1 Å². The number of carboxylic acids is 1. The molecule has 2 N–H and O–H groups in total. The van der Waals surface area contributed by atoms with Crippen LogP contribution in [0.3, 0.4) is 0 Å². The van der Waals surface area contributed by atoms with Crippen LogP contribution in [0.2, 0.25) is 0 Å². The van der Waals surface area contributed by atoms with Gasteiger partial charge in [-0.1, -0.05) is 81.3 Å². The van der Waals surface area contributed by atoms with Gasteiger partial charge in [-0.15, -0.1) is 0 Å². The summed E-state index contributed by atoms with van der Waals surface area (Å²) in [5.41, 5.74) is 3.00. The predicted molar refractivity (Wildman–Crippen MR) is 214 cm³/mol. The molecule has 1 aliphatic rings. The highest BCUT2D eigenvalue weighted by molar-refractivity contribution is 7.90. The molecule has 1 aromatic heterocycles. The van der Waals surface area contributed by atoms with E-state index in [0.29, 0.717) is 43.7 Å².